The van der Waals surface area contributed by atoms with E-state index in [1.54, 1.807) is 17.4 Å². The SMILES string of the molecule is Nc1sc2c(c1-c1nc3cccc(Cl)c3o1)CCC2. The fraction of sp³-hybridized carbons (Fsp3) is 0.214. The van der Waals surface area contributed by atoms with Crippen LogP contribution in [0.25, 0.3) is 22.6 Å². The number of nitrogens with two attached hydrogens (primary N) is 1. The van der Waals surface area contributed by atoms with E-state index in [1.807, 2.05) is 12.1 Å². The van der Waals surface area contributed by atoms with Gasteiger partial charge in [0, 0.05) is 4.88 Å². The highest BCUT2D eigenvalue weighted by molar-refractivity contribution is 7.16. The van der Waals surface area contributed by atoms with E-state index in [4.69, 9.17) is 21.8 Å². The van der Waals surface area contributed by atoms with Gasteiger partial charge in [-0.15, -0.1) is 11.3 Å². The zero-order valence-corrected chi connectivity index (χ0v) is 11.6. The van der Waals surface area contributed by atoms with Gasteiger partial charge in [0.2, 0.25) is 5.89 Å². The van der Waals surface area contributed by atoms with Gasteiger partial charge in [-0.2, -0.15) is 0 Å². The Morgan fingerprint density at radius 2 is 2.21 bits per heavy atom. The van der Waals surface area contributed by atoms with Crippen molar-refractivity contribution in [3.63, 3.8) is 0 Å². The molecule has 96 valence electrons. The number of hydrogen-bond donors (Lipinski definition) is 1. The number of para-hydroxylation sites is 1. The van der Waals surface area contributed by atoms with Crippen molar-refractivity contribution in [1.29, 1.82) is 0 Å². The summed E-state index contributed by atoms with van der Waals surface area (Å²) in [6, 6.07) is 5.58. The molecule has 2 aromatic heterocycles. The molecule has 0 spiro atoms. The standard InChI is InChI=1S/C14H11ClN2OS/c15-8-4-2-5-9-12(8)18-14(17-9)11-7-3-1-6-10(7)19-13(11)16/h2,4-5H,1,3,6,16H2. The minimum atomic E-state index is 0.585. The van der Waals surface area contributed by atoms with Crippen LogP contribution in [0.4, 0.5) is 5.00 Å². The number of anilines is 1. The quantitative estimate of drug-likeness (QED) is 0.728. The first kappa shape index (κ1) is 11.3. The first-order chi connectivity index (χ1) is 9.24. The molecule has 19 heavy (non-hydrogen) atoms. The molecule has 0 unspecified atom stereocenters. The monoisotopic (exact) mass is 290 g/mol. The fourth-order valence-electron chi connectivity index (χ4n) is 2.68. The van der Waals surface area contributed by atoms with E-state index in [0.717, 1.165) is 28.9 Å². The fourth-order valence-corrected chi connectivity index (χ4v) is 4.04. The van der Waals surface area contributed by atoms with Crippen LogP contribution >= 0.6 is 22.9 Å². The number of hydrogen-bond acceptors (Lipinski definition) is 4. The van der Waals surface area contributed by atoms with Crippen LogP contribution in [0.5, 0.6) is 0 Å². The first-order valence-electron chi connectivity index (χ1n) is 6.19. The molecule has 0 aliphatic heterocycles. The van der Waals surface area contributed by atoms with E-state index in [-0.39, 0.29) is 0 Å². The van der Waals surface area contributed by atoms with Crippen LogP contribution in [0.1, 0.15) is 16.9 Å². The smallest absolute Gasteiger partial charge is 0.230 e. The van der Waals surface area contributed by atoms with Crippen LogP contribution in [0.3, 0.4) is 0 Å². The molecule has 0 saturated heterocycles. The number of oxazole rings is 1. The molecule has 0 saturated carbocycles. The van der Waals surface area contributed by atoms with Crippen LogP contribution < -0.4 is 5.73 Å². The maximum absolute atomic E-state index is 6.13. The Kier molecular flexibility index (Phi) is 2.37. The molecule has 1 aromatic carbocycles. The summed E-state index contributed by atoms with van der Waals surface area (Å²) in [5.41, 5.74) is 9.83. The van der Waals surface area contributed by atoms with Gasteiger partial charge in [0.1, 0.15) is 5.52 Å². The highest BCUT2D eigenvalue weighted by atomic mass is 35.5. The van der Waals surface area contributed by atoms with Crippen LogP contribution in [0, 0.1) is 0 Å². The molecule has 1 aliphatic carbocycles. The van der Waals surface area contributed by atoms with E-state index >= 15 is 0 Å². The Bertz CT molecular complexity index is 790. The van der Waals surface area contributed by atoms with Gasteiger partial charge in [0.05, 0.1) is 15.6 Å². The highest BCUT2D eigenvalue weighted by Crippen LogP contribution is 2.44. The summed E-state index contributed by atoms with van der Waals surface area (Å²) in [7, 11) is 0. The second kappa shape index (κ2) is 3.99. The number of nitrogens with zero attached hydrogens (tertiary/aromatic N) is 1. The summed E-state index contributed by atoms with van der Waals surface area (Å²) < 4.78 is 5.83. The van der Waals surface area contributed by atoms with Gasteiger partial charge < -0.3 is 10.2 Å². The second-order valence-corrected chi connectivity index (χ2v) is 6.25. The van der Waals surface area contributed by atoms with Crippen molar-refractivity contribution in [2.75, 3.05) is 5.73 Å². The van der Waals surface area contributed by atoms with Gasteiger partial charge >= 0.3 is 0 Å². The van der Waals surface area contributed by atoms with Crippen LogP contribution in [-0.2, 0) is 12.8 Å². The molecule has 5 heteroatoms. The summed E-state index contributed by atoms with van der Waals surface area (Å²) >= 11 is 7.78. The van der Waals surface area contributed by atoms with Crippen molar-refractivity contribution in [1.82, 2.24) is 4.98 Å². The first-order valence-corrected chi connectivity index (χ1v) is 7.39. The number of aryl methyl sites for hydroxylation is 1. The third-order valence-electron chi connectivity index (χ3n) is 3.53. The molecule has 4 rings (SSSR count). The molecule has 3 aromatic rings. The van der Waals surface area contributed by atoms with E-state index in [0.29, 0.717) is 16.5 Å². The average Bonchev–Trinajstić information content (AvgIpc) is 3.02. The molecule has 0 bridgehead atoms. The van der Waals surface area contributed by atoms with Crippen molar-refractivity contribution in [3.8, 4) is 11.5 Å². The lowest BCUT2D eigenvalue weighted by atomic mass is 10.1. The zero-order chi connectivity index (χ0) is 13.0. The van der Waals surface area contributed by atoms with Crippen molar-refractivity contribution < 1.29 is 4.42 Å². The summed E-state index contributed by atoms with van der Waals surface area (Å²) in [5, 5.41) is 1.38. The van der Waals surface area contributed by atoms with E-state index in [1.165, 1.54) is 16.9 Å². The predicted octanol–water partition coefficient (Wildman–Crippen LogP) is 4.28. The number of nitrogen functional groups attached to an aromatic ring is 1. The van der Waals surface area contributed by atoms with E-state index < -0.39 is 0 Å². The van der Waals surface area contributed by atoms with Gasteiger partial charge in [-0.05, 0) is 37.0 Å². The molecule has 1 aliphatic rings. The minimum absolute atomic E-state index is 0.585. The second-order valence-electron chi connectivity index (χ2n) is 4.70. The summed E-state index contributed by atoms with van der Waals surface area (Å²) in [4.78, 5) is 5.91. The van der Waals surface area contributed by atoms with Crippen molar-refractivity contribution in [2.24, 2.45) is 0 Å². The maximum atomic E-state index is 6.13. The Balaban J connectivity index is 1.98. The topological polar surface area (TPSA) is 52.0 Å². The van der Waals surface area contributed by atoms with Crippen LogP contribution in [0.15, 0.2) is 22.6 Å². The molecule has 0 fully saturated rings. The van der Waals surface area contributed by atoms with Crippen molar-refractivity contribution in [3.05, 3.63) is 33.7 Å². The molecule has 0 amide bonds. The van der Waals surface area contributed by atoms with Crippen molar-refractivity contribution >= 4 is 39.0 Å². The minimum Gasteiger partial charge on any atom is -0.434 e. The zero-order valence-electron chi connectivity index (χ0n) is 10.1. The number of benzene rings is 1. The third-order valence-corrected chi connectivity index (χ3v) is 4.95. The number of thiophene rings is 1. The molecule has 3 nitrogen and oxygen atoms in total. The summed E-state index contributed by atoms with van der Waals surface area (Å²) in [6.45, 7) is 0. The van der Waals surface area contributed by atoms with E-state index in [2.05, 4.69) is 4.98 Å². The average molecular weight is 291 g/mol. The molecular formula is C14H11ClN2OS. The third kappa shape index (κ3) is 1.60. The Hall–Kier alpha value is -1.52. The number of halogens is 1. The number of fused-ring (bicyclic) bond motifs is 2. The number of aromatic nitrogens is 1. The molecule has 0 radical (unpaired) electrons. The lowest BCUT2D eigenvalue weighted by Crippen LogP contribution is -1.88. The molecule has 2 heterocycles. The van der Waals surface area contributed by atoms with Crippen molar-refractivity contribution in [2.45, 2.75) is 19.3 Å². The van der Waals surface area contributed by atoms with Gasteiger partial charge in [-0.25, -0.2) is 4.98 Å². The Morgan fingerprint density at radius 1 is 1.32 bits per heavy atom. The lowest BCUT2D eigenvalue weighted by Gasteiger charge is -1.97. The highest BCUT2D eigenvalue weighted by Gasteiger charge is 2.25. The summed E-state index contributed by atoms with van der Waals surface area (Å²) in [5.74, 6) is 0.597. The van der Waals surface area contributed by atoms with Crippen LogP contribution in [-0.4, -0.2) is 4.98 Å². The lowest BCUT2D eigenvalue weighted by molar-refractivity contribution is 0.619. The van der Waals surface area contributed by atoms with E-state index in [9.17, 15) is 0 Å². The molecule has 0 atom stereocenters. The Morgan fingerprint density at radius 3 is 3.05 bits per heavy atom. The van der Waals surface area contributed by atoms with Gasteiger partial charge in [-0.1, -0.05) is 17.7 Å². The largest absolute Gasteiger partial charge is 0.434 e. The van der Waals surface area contributed by atoms with Gasteiger partial charge in [0.25, 0.3) is 0 Å². The predicted molar refractivity (Wildman–Crippen MR) is 78.8 cm³/mol. The molecule has 2 N–H and O–H groups in total. The Labute approximate surface area is 119 Å². The molecular weight excluding hydrogens is 280 g/mol. The van der Waals surface area contributed by atoms with Crippen LogP contribution in [0.2, 0.25) is 5.02 Å². The normalized spacial score (nSPS) is 14.2. The van der Waals surface area contributed by atoms with Gasteiger partial charge in [-0.3, -0.25) is 0 Å². The summed E-state index contributed by atoms with van der Waals surface area (Å²) in [6.07, 6.45) is 3.37. The number of rotatable bonds is 1. The van der Waals surface area contributed by atoms with Gasteiger partial charge in [0.15, 0.2) is 5.58 Å². The maximum Gasteiger partial charge on any atom is 0.230 e.